The van der Waals surface area contributed by atoms with E-state index in [2.05, 4.69) is 49.5 Å². The number of unbranched alkanes of at least 4 members (excludes halogenated alkanes) is 1. The van der Waals surface area contributed by atoms with Gasteiger partial charge in [0, 0.05) is 6.54 Å². The van der Waals surface area contributed by atoms with E-state index in [0.717, 1.165) is 19.7 Å². The van der Waals surface area contributed by atoms with Gasteiger partial charge in [0.25, 0.3) is 0 Å². The van der Waals surface area contributed by atoms with Crippen molar-refractivity contribution < 1.29 is 4.74 Å². The summed E-state index contributed by atoms with van der Waals surface area (Å²) in [6, 6.07) is 10.7. The van der Waals surface area contributed by atoms with Gasteiger partial charge >= 0.3 is 0 Å². The first-order valence-corrected chi connectivity index (χ1v) is 6.65. The molecule has 0 aromatic heterocycles. The number of hydrogen-bond donors (Lipinski definition) is 1. The van der Waals surface area contributed by atoms with E-state index in [1.54, 1.807) is 0 Å². The van der Waals surface area contributed by atoms with Crippen LogP contribution in [0.3, 0.4) is 0 Å². The molecule has 0 radical (unpaired) electrons. The van der Waals surface area contributed by atoms with Crippen LogP contribution >= 0.6 is 0 Å². The summed E-state index contributed by atoms with van der Waals surface area (Å²) in [5.74, 6) is 0. The predicted molar refractivity (Wildman–Crippen MR) is 73.3 cm³/mol. The average Bonchev–Trinajstić information content (AvgIpc) is 2.33. The molecule has 0 unspecified atom stereocenters. The molecule has 1 rings (SSSR count). The second-order valence-electron chi connectivity index (χ2n) is 4.61. The zero-order chi connectivity index (χ0) is 12.3. The third-order valence-electron chi connectivity index (χ3n) is 2.64. The summed E-state index contributed by atoms with van der Waals surface area (Å²) in [5.41, 5.74) is 1.44. The molecule has 1 aromatic carbocycles. The van der Waals surface area contributed by atoms with Crippen molar-refractivity contribution in [2.45, 2.75) is 39.2 Å². The van der Waals surface area contributed by atoms with Crippen molar-refractivity contribution in [3.8, 4) is 0 Å². The maximum absolute atomic E-state index is 5.46. The number of hydrogen-bond acceptors (Lipinski definition) is 2. The van der Waals surface area contributed by atoms with Crippen molar-refractivity contribution in [3.05, 3.63) is 35.9 Å². The smallest absolute Gasteiger partial charge is 0.0594 e. The van der Waals surface area contributed by atoms with E-state index in [1.165, 1.54) is 24.8 Å². The van der Waals surface area contributed by atoms with Gasteiger partial charge in [0.05, 0.1) is 12.7 Å². The van der Waals surface area contributed by atoms with Crippen LogP contribution in [0.4, 0.5) is 0 Å². The number of aryl methyl sites for hydroxylation is 1. The second-order valence-corrected chi connectivity index (χ2v) is 4.61. The van der Waals surface area contributed by atoms with Crippen LogP contribution in [-0.2, 0) is 11.2 Å². The molecular weight excluding hydrogens is 210 g/mol. The molecule has 0 saturated heterocycles. The largest absolute Gasteiger partial charge is 0.377 e. The molecule has 0 aliphatic heterocycles. The molecule has 2 heteroatoms. The lowest BCUT2D eigenvalue weighted by Crippen LogP contribution is -2.22. The molecule has 0 amide bonds. The molecule has 1 aromatic rings. The van der Waals surface area contributed by atoms with Gasteiger partial charge in [-0.2, -0.15) is 0 Å². The first-order valence-electron chi connectivity index (χ1n) is 6.65. The van der Waals surface area contributed by atoms with Gasteiger partial charge in [-0.05, 0) is 45.2 Å². The Labute approximate surface area is 105 Å². The molecule has 0 saturated carbocycles. The number of ether oxygens (including phenoxy) is 1. The van der Waals surface area contributed by atoms with E-state index in [-0.39, 0.29) is 0 Å². The van der Waals surface area contributed by atoms with E-state index < -0.39 is 0 Å². The lowest BCUT2D eigenvalue weighted by atomic mass is 10.1. The Kier molecular flexibility index (Phi) is 7.69. The fraction of sp³-hybridized carbons (Fsp3) is 0.600. The van der Waals surface area contributed by atoms with Crippen LogP contribution < -0.4 is 5.32 Å². The first kappa shape index (κ1) is 14.2. The molecule has 0 aliphatic carbocycles. The maximum atomic E-state index is 5.46. The Hall–Kier alpha value is -0.860. The SMILES string of the molecule is CC(C)OCCNCCCCc1ccccc1. The Balaban J connectivity index is 1.88. The molecular formula is C15H25NO. The molecule has 0 bridgehead atoms. The molecule has 0 heterocycles. The van der Waals surface area contributed by atoms with Gasteiger partial charge in [0.1, 0.15) is 0 Å². The highest BCUT2D eigenvalue weighted by molar-refractivity contribution is 5.14. The Bertz CT molecular complexity index is 272. The molecule has 96 valence electrons. The van der Waals surface area contributed by atoms with Crippen LogP contribution in [-0.4, -0.2) is 25.8 Å². The topological polar surface area (TPSA) is 21.3 Å². The summed E-state index contributed by atoms with van der Waals surface area (Å²) in [7, 11) is 0. The van der Waals surface area contributed by atoms with E-state index in [0.29, 0.717) is 6.10 Å². The van der Waals surface area contributed by atoms with E-state index in [1.807, 2.05) is 0 Å². The van der Waals surface area contributed by atoms with Gasteiger partial charge in [-0.15, -0.1) is 0 Å². The van der Waals surface area contributed by atoms with Gasteiger partial charge in [-0.1, -0.05) is 30.3 Å². The Morgan fingerprint density at radius 2 is 1.82 bits per heavy atom. The van der Waals surface area contributed by atoms with Crippen LogP contribution in [0.15, 0.2) is 30.3 Å². The fourth-order valence-electron chi connectivity index (χ4n) is 1.72. The summed E-state index contributed by atoms with van der Waals surface area (Å²) in [5, 5.41) is 3.40. The monoisotopic (exact) mass is 235 g/mol. The number of nitrogens with one attached hydrogen (secondary N) is 1. The highest BCUT2D eigenvalue weighted by Gasteiger charge is 1.94. The molecule has 0 fully saturated rings. The summed E-state index contributed by atoms with van der Waals surface area (Å²) in [6.45, 7) is 7.01. The third-order valence-corrected chi connectivity index (χ3v) is 2.64. The number of benzene rings is 1. The van der Waals surface area contributed by atoms with Crippen molar-refractivity contribution >= 4 is 0 Å². The highest BCUT2D eigenvalue weighted by Crippen LogP contribution is 2.03. The minimum atomic E-state index is 0.342. The van der Waals surface area contributed by atoms with Crippen LogP contribution in [0.25, 0.3) is 0 Å². The second kappa shape index (κ2) is 9.20. The Morgan fingerprint density at radius 3 is 2.53 bits per heavy atom. The molecule has 1 N–H and O–H groups in total. The van der Waals surface area contributed by atoms with Crippen molar-refractivity contribution in [1.82, 2.24) is 5.32 Å². The quantitative estimate of drug-likeness (QED) is 0.664. The summed E-state index contributed by atoms with van der Waals surface area (Å²) in [4.78, 5) is 0. The van der Waals surface area contributed by atoms with E-state index in [9.17, 15) is 0 Å². The maximum Gasteiger partial charge on any atom is 0.0594 e. The molecule has 2 nitrogen and oxygen atoms in total. The third kappa shape index (κ3) is 7.94. The lowest BCUT2D eigenvalue weighted by Gasteiger charge is -2.08. The van der Waals surface area contributed by atoms with Gasteiger partial charge in [-0.25, -0.2) is 0 Å². The van der Waals surface area contributed by atoms with Crippen LogP contribution in [0.2, 0.25) is 0 Å². The van der Waals surface area contributed by atoms with Crippen molar-refractivity contribution in [2.24, 2.45) is 0 Å². The normalized spacial score (nSPS) is 11.0. The van der Waals surface area contributed by atoms with Crippen molar-refractivity contribution in [2.75, 3.05) is 19.7 Å². The summed E-state index contributed by atoms with van der Waals surface area (Å²) >= 11 is 0. The van der Waals surface area contributed by atoms with Crippen LogP contribution in [0.1, 0.15) is 32.3 Å². The molecule has 0 aliphatic rings. The van der Waals surface area contributed by atoms with Crippen molar-refractivity contribution in [1.29, 1.82) is 0 Å². The zero-order valence-electron chi connectivity index (χ0n) is 11.1. The zero-order valence-corrected chi connectivity index (χ0v) is 11.1. The molecule has 0 atom stereocenters. The first-order chi connectivity index (χ1) is 8.29. The molecule has 0 spiro atoms. The number of rotatable bonds is 9. The van der Waals surface area contributed by atoms with Crippen LogP contribution in [0.5, 0.6) is 0 Å². The van der Waals surface area contributed by atoms with Gasteiger partial charge in [-0.3, -0.25) is 0 Å². The lowest BCUT2D eigenvalue weighted by molar-refractivity contribution is 0.0809. The Morgan fingerprint density at radius 1 is 1.06 bits per heavy atom. The van der Waals surface area contributed by atoms with Crippen molar-refractivity contribution in [3.63, 3.8) is 0 Å². The highest BCUT2D eigenvalue weighted by atomic mass is 16.5. The summed E-state index contributed by atoms with van der Waals surface area (Å²) in [6.07, 6.45) is 4.01. The van der Waals surface area contributed by atoms with Gasteiger partial charge in [0.15, 0.2) is 0 Å². The minimum absolute atomic E-state index is 0.342. The van der Waals surface area contributed by atoms with E-state index >= 15 is 0 Å². The van der Waals surface area contributed by atoms with Crippen LogP contribution in [0, 0.1) is 0 Å². The molecule has 17 heavy (non-hydrogen) atoms. The fourth-order valence-corrected chi connectivity index (χ4v) is 1.72. The van der Waals surface area contributed by atoms with Gasteiger partial charge in [0.2, 0.25) is 0 Å². The van der Waals surface area contributed by atoms with E-state index in [4.69, 9.17) is 4.74 Å². The predicted octanol–water partition coefficient (Wildman–Crippen LogP) is 3.02. The van der Waals surface area contributed by atoms with Gasteiger partial charge < -0.3 is 10.1 Å². The minimum Gasteiger partial charge on any atom is -0.377 e. The average molecular weight is 235 g/mol. The summed E-state index contributed by atoms with van der Waals surface area (Å²) < 4.78 is 5.46. The standard InChI is InChI=1S/C15H25NO/c1-14(2)17-13-12-16-11-7-6-10-15-8-4-3-5-9-15/h3-5,8-9,14,16H,6-7,10-13H2,1-2H3.